The topological polar surface area (TPSA) is 71.5 Å². The number of hydrogen-bond donors (Lipinski definition) is 1. The summed E-state index contributed by atoms with van der Waals surface area (Å²) in [6.07, 6.45) is 3.87. The van der Waals surface area contributed by atoms with Gasteiger partial charge in [-0.25, -0.2) is 4.98 Å². The van der Waals surface area contributed by atoms with Crippen molar-refractivity contribution in [2.24, 2.45) is 5.92 Å². The molecule has 1 amide bonds. The van der Waals surface area contributed by atoms with Crippen LogP contribution in [0.3, 0.4) is 0 Å². The highest BCUT2D eigenvalue weighted by Crippen LogP contribution is 2.28. The van der Waals surface area contributed by atoms with Crippen LogP contribution in [0.4, 0.5) is 0 Å². The number of benzene rings is 1. The third kappa shape index (κ3) is 4.01. The summed E-state index contributed by atoms with van der Waals surface area (Å²) in [5.74, 6) is 1.65. The van der Waals surface area contributed by atoms with Gasteiger partial charge in [-0.2, -0.15) is 0 Å². The van der Waals surface area contributed by atoms with E-state index in [2.05, 4.69) is 15.2 Å². The van der Waals surface area contributed by atoms with Gasteiger partial charge in [0.05, 0.1) is 6.20 Å². The second kappa shape index (κ2) is 7.48. The van der Waals surface area contributed by atoms with Crippen molar-refractivity contribution < 1.29 is 14.3 Å². The summed E-state index contributed by atoms with van der Waals surface area (Å²) in [5.41, 5.74) is 1.03. The van der Waals surface area contributed by atoms with E-state index >= 15 is 0 Å². The number of amides is 1. The first kappa shape index (κ1) is 17.7. The molecule has 0 radical (unpaired) electrons. The van der Waals surface area contributed by atoms with E-state index in [9.17, 15) is 9.59 Å². The van der Waals surface area contributed by atoms with E-state index in [-0.39, 0.29) is 17.7 Å². The zero-order valence-corrected chi connectivity index (χ0v) is 15.4. The molecule has 3 fully saturated rings. The van der Waals surface area contributed by atoms with E-state index in [1.165, 1.54) is 26.0 Å². The lowest BCUT2D eigenvalue weighted by molar-refractivity contribution is 0.0620. The van der Waals surface area contributed by atoms with Crippen LogP contribution in [-0.4, -0.2) is 47.3 Å². The van der Waals surface area contributed by atoms with Gasteiger partial charge in [0.25, 0.3) is 5.91 Å². The predicted octanol–water partition coefficient (Wildman–Crippen LogP) is 2.90. The number of aromatic nitrogens is 1. The van der Waals surface area contributed by atoms with Crippen molar-refractivity contribution in [3.8, 4) is 11.5 Å². The van der Waals surface area contributed by atoms with Gasteiger partial charge in [0.1, 0.15) is 17.2 Å². The molecule has 1 N–H and O–H groups in total. The Bertz CT molecular complexity index is 825. The fraction of sp³-hybridized carbons (Fsp3) is 0.381. The van der Waals surface area contributed by atoms with Gasteiger partial charge in [0.2, 0.25) is 0 Å². The number of fused-ring (bicyclic) bond motifs is 3. The lowest BCUT2D eigenvalue weighted by Gasteiger charge is -2.44. The summed E-state index contributed by atoms with van der Waals surface area (Å²) in [7, 11) is 0. The minimum absolute atomic E-state index is 0.0345. The molecule has 5 rings (SSSR count). The number of hydrogen-bond acceptors (Lipinski definition) is 5. The number of ketones is 1. The SMILES string of the molecule is CC(=O)c1ccc(Oc2ccc(C(=O)NC3CN4CCC3CC4)cc2)cn1. The Morgan fingerprint density at radius 2 is 1.78 bits per heavy atom. The highest BCUT2D eigenvalue weighted by atomic mass is 16.5. The van der Waals surface area contributed by atoms with Gasteiger partial charge in [-0.05, 0) is 68.2 Å². The first-order valence-corrected chi connectivity index (χ1v) is 9.36. The maximum absolute atomic E-state index is 12.5. The molecule has 3 aliphatic rings. The molecule has 140 valence electrons. The molecule has 6 nitrogen and oxygen atoms in total. The Labute approximate surface area is 158 Å². The average molecular weight is 365 g/mol. The molecule has 0 spiro atoms. The van der Waals surface area contributed by atoms with Gasteiger partial charge in [0, 0.05) is 25.1 Å². The molecule has 0 saturated carbocycles. The molecule has 4 heterocycles. The Morgan fingerprint density at radius 1 is 1.07 bits per heavy atom. The molecule has 2 bridgehead atoms. The van der Waals surface area contributed by atoms with Crippen LogP contribution in [0, 0.1) is 5.92 Å². The first-order chi connectivity index (χ1) is 13.1. The monoisotopic (exact) mass is 365 g/mol. The van der Waals surface area contributed by atoms with Gasteiger partial charge in [-0.1, -0.05) is 0 Å². The molecule has 27 heavy (non-hydrogen) atoms. The fourth-order valence-corrected chi connectivity index (χ4v) is 3.84. The summed E-state index contributed by atoms with van der Waals surface area (Å²) >= 11 is 0. The van der Waals surface area contributed by atoms with Gasteiger partial charge in [-0.3, -0.25) is 9.59 Å². The van der Waals surface area contributed by atoms with Crippen LogP contribution in [0.25, 0.3) is 0 Å². The van der Waals surface area contributed by atoms with Crippen LogP contribution in [0.1, 0.15) is 40.6 Å². The van der Waals surface area contributed by atoms with Gasteiger partial charge in [0.15, 0.2) is 5.78 Å². The van der Waals surface area contributed by atoms with Crippen LogP contribution in [0.15, 0.2) is 42.6 Å². The maximum atomic E-state index is 12.5. The maximum Gasteiger partial charge on any atom is 0.251 e. The van der Waals surface area contributed by atoms with Crippen molar-refractivity contribution in [3.05, 3.63) is 53.9 Å². The number of nitrogens with one attached hydrogen (secondary N) is 1. The highest BCUT2D eigenvalue weighted by Gasteiger charge is 2.34. The summed E-state index contributed by atoms with van der Waals surface area (Å²) in [6.45, 7) is 4.75. The highest BCUT2D eigenvalue weighted by molar-refractivity contribution is 5.94. The molecule has 3 saturated heterocycles. The standard InChI is InChI=1S/C21H23N3O3/c1-14(25)19-7-6-18(12-22-19)27-17-4-2-16(3-5-17)21(26)23-20-13-24-10-8-15(20)9-11-24/h2-7,12,15,20H,8-11,13H2,1H3,(H,23,26). The number of Topliss-reactive ketones (excluding diaryl/α,β-unsaturated/α-hetero) is 1. The van der Waals surface area contributed by atoms with Crippen molar-refractivity contribution in [1.82, 2.24) is 15.2 Å². The lowest BCUT2D eigenvalue weighted by Crippen LogP contribution is -2.57. The van der Waals surface area contributed by atoms with E-state index in [1.54, 1.807) is 36.4 Å². The largest absolute Gasteiger partial charge is 0.456 e. The summed E-state index contributed by atoms with van der Waals surface area (Å²) in [5, 5.41) is 3.19. The zero-order chi connectivity index (χ0) is 18.8. The smallest absolute Gasteiger partial charge is 0.251 e. The van der Waals surface area contributed by atoms with Crippen LogP contribution in [-0.2, 0) is 0 Å². The number of ether oxygens (including phenoxy) is 1. The quantitative estimate of drug-likeness (QED) is 0.825. The molecule has 1 aromatic heterocycles. The van der Waals surface area contributed by atoms with Gasteiger partial charge >= 0.3 is 0 Å². The molecule has 1 aromatic carbocycles. The second-order valence-corrected chi connectivity index (χ2v) is 7.28. The van der Waals surface area contributed by atoms with Crippen molar-refractivity contribution in [2.75, 3.05) is 19.6 Å². The number of piperidine rings is 3. The van der Waals surface area contributed by atoms with Crippen LogP contribution >= 0.6 is 0 Å². The van der Waals surface area contributed by atoms with Crippen molar-refractivity contribution >= 4 is 11.7 Å². The average Bonchev–Trinajstić information content (AvgIpc) is 2.70. The fourth-order valence-electron chi connectivity index (χ4n) is 3.84. The first-order valence-electron chi connectivity index (χ1n) is 9.36. The Hall–Kier alpha value is -2.73. The summed E-state index contributed by atoms with van der Waals surface area (Å²) in [6, 6.07) is 10.7. The van der Waals surface area contributed by atoms with Crippen LogP contribution in [0.5, 0.6) is 11.5 Å². The Kier molecular flexibility index (Phi) is 4.90. The third-order valence-electron chi connectivity index (χ3n) is 5.42. The van der Waals surface area contributed by atoms with Crippen molar-refractivity contribution in [2.45, 2.75) is 25.8 Å². The molecular weight excluding hydrogens is 342 g/mol. The van der Waals surface area contributed by atoms with Gasteiger partial charge < -0.3 is 15.0 Å². The normalized spacial score (nSPS) is 23.7. The molecule has 6 heteroatoms. The molecular formula is C21H23N3O3. The summed E-state index contributed by atoms with van der Waals surface area (Å²) in [4.78, 5) is 30.3. The minimum atomic E-state index is -0.0834. The summed E-state index contributed by atoms with van der Waals surface area (Å²) < 4.78 is 5.73. The van der Waals surface area contributed by atoms with Crippen molar-refractivity contribution in [1.29, 1.82) is 0 Å². The van der Waals surface area contributed by atoms with E-state index in [4.69, 9.17) is 4.74 Å². The predicted molar refractivity (Wildman–Crippen MR) is 101 cm³/mol. The van der Waals surface area contributed by atoms with Gasteiger partial charge in [-0.15, -0.1) is 0 Å². The molecule has 1 unspecified atom stereocenters. The minimum Gasteiger partial charge on any atom is -0.456 e. The number of nitrogens with zero attached hydrogens (tertiary/aromatic N) is 2. The lowest BCUT2D eigenvalue weighted by atomic mass is 9.84. The third-order valence-corrected chi connectivity index (χ3v) is 5.42. The van der Waals surface area contributed by atoms with Crippen molar-refractivity contribution in [3.63, 3.8) is 0 Å². The number of carbonyl (C=O) groups is 2. The Morgan fingerprint density at radius 3 is 2.33 bits per heavy atom. The van der Waals surface area contributed by atoms with Crippen LogP contribution < -0.4 is 10.1 Å². The van der Waals surface area contributed by atoms with E-state index in [1.807, 2.05) is 0 Å². The molecule has 2 aromatic rings. The van der Waals surface area contributed by atoms with E-state index in [0.717, 1.165) is 19.6 Å². The zero-order valence-electron chi connectivity index (χ0n) is 15.4. The van der Waals surface area contributed by atoms with E-state index < -0.39 is 0 Å². The molecule has 1 atom stereocenters. The molecule has 0 aliphatic carbocycles. The van der Waals surface area contributed by atoms with E-state index in [0.29, 0.717) is 28.7 Å². The molecule has 3 aliphatic heterocycles. The number of pyridine rings is 1. The number of carbonyl (C=O) groups excluding carboxylic acids is 2. The Balaban J connectivity index is 1.36. The van der Waals surface area contributed by atoms with Crippen LogP contribution in [0.2, 0.25) is 0 Å². The number of rotatable bonds is 5. The second-order valence-electron chi connectivity index (χ2n) is 7.28.